The monoisotopic (exact) mass is 497 g/mol. The van der Waals surface area contributed by atoms with Crippen LogP contribution in [0.15, 0.2) is 63.2 Å². The highest BCUT2D eigenvalue weighted by molar-refractivity contribution is 7.89. The number of Topliss-reactive ketones (excluding diaryl/α,β-unsaturated/α-hetero) is 1. The maximum absolute atomic E-state index is 14.8. The van der Waals surface area contributed by atoms with E-state index in [4.69, 9.17) is 10.2 Å². The van der Waals surface area contributed by atoms with E-state index < -0.39 is 55.9 Å². The van der Waals surface area contributed by atoms with Crippen LogP contribution in [0.5, 0.6) is 0 Å². The minimum Gasteiger partial charge on any atom is -0.467 e. The molecule has 0 spiro atoms. The zero-order valence-corrected chi connectivity index (χ0v) is 19.1. The first kappa shape index (κ1) is 24.0. The van der Waals surface area contributed by atoms with Crippen LogP contribution in [0.4, 0.5) is 18.9 Å². The van der Waals surface area contributed by atoms with Gasteiger partial charge in [0.15, 0.2) is 5.78 Å². The number of allylic oxidation sites excluding steroid dienone is 1. The fourth-order valence-corrected chi connectivity index (χ4v) is 5.75. The molecule has 8 nitrogen and oxygen atoms in total. The molecule has 2 aromatic rings. The summed E-state index contributed by atoms with van der Waals surface area (Å²) in [5.74, 6) is -2.37. The van der Waals surface area contributed by atoms with E-state index >= 15 is 0 Å². The summed E-state index contributed by atoms with van der Waals surface area (Å²) in [5.41, 5.74) is 0.166. The molecule has 2 aliphatic rings. The number of benzene rings is 1. The fourth-order valence-electron chi connectivity index (χ4n) is 4.42. The molecule has 1 amide bonds. The van der Waals surface area contributed by atoms with Crippen molar-refractivity contribution in [3.63, 3.8) is 0 Å². The van der Waals surface area contributed by atoms with Crippen LogP contribution >= 0.6 is 0 Å². The van der Waals surface area contributed by atoms with E-state index in [2.05, 4.69) is 0 Å². The molecular weight excluding hydrogens is 475 g/mol. The van der Waals surface area contributed by atoms with Gasteiger partial charge in [-0.1, -0.05) is 13.8 Å². The SMILES string of the molecule is CC1(C)CC(=O)C2=C(C1)N(Cc1ccco1)C(=O)C2(NS(=O)(=O)c1ccc(N)cc1)C(F)(F)F. The number of alkyl halides is 3. The summed E-state index contributed by atoms with van der Waals surface area (Å²) in [6, 6.07) is 7.41. The van der Waals surface area contributed by atoms with Crippen molar-refractivity contribution in [2.24, 2.45) is 5.41 Å². The number of carbonyl (C=O) groups excluding carboxylic acids is 2. The molecule has 1 aliphatic carbocycles. The van der Waals surface area contributed by atoms with Crippen LogP contribution in [0.2, 0.25) is 0 Å². The second-order valence-corrected chi connectivity index (χ2v) is 10.8. The van der Waals surface area contributed by atoms with Gasteiger partial charge in [-0.25, -0.2) is 8.42 Å². The Kier molecular flexibility index (Phi) is 5.44. The van der Waals surface area contributed by atoms with Gasteiger partial charge in [0.25, 0.3) is 5.91 Å². The fraction of sp³-hybridized carbons (Fsp3) is 0.364. The molecule has 1 atom stereocenters. The average Bonchev–Trinajstić information content (AvgIpc) is 3.28. The van der Waals surface area contributed by atoms with Crippen LogP contribution in [-0.2, 0) is 26.2 Å². The van der Waals surface area contributed by atoms with Gasteiger partial charge in [-0.2, -0.15) is 17.9 Å². The van der Waals surface area contributed by atoms with Crippen molar-refractivity contribution in [3.05, 3.63) is 59.7 Å². The van der Waals surface area contributed by atoms with Gasteiger partial charge < -0.3 is 15.1 Å². The molecule has 0 saturated heterocycles. The summed E-state index contributed by atoms with van der Waals surface area (Å²) in [6.45, 7) is 2.99. The van der Waals surface area contributed by atoms with Crippen molar-refractivity contribution < 1.29 is 35.6 Å². The number of amides is 1. The van der Waals surface area contributed by atoms with Crippen molar-refractivity contribution in [2.45, 2.75) is 49.8 Å². The van der Waals surface area contributed by atoms with E-state index in [-0.39, 0.29) is 30.0 Å². The Hall–Kier alpha value is -3.12. The quantitative estimate of drug-likeness (QED) is 0.612. The Labute approximate surface area is 193 Å². The Morgan fingerprint density at radius 1 is 1.12 bits per heavy atom. The first-order valence-corrected chi connectivity index (χ1v) is 11.7. The lowest BCUT2D eigenvalue weighted by molar-refractivity contribution is -0.189. The molecule has 1 aromatic carbocycles. The van der Waals surface area contributed by atoms with Crippen LogP contribution in [-0.4, -0.2) is 36.7 Å². The molecule has 182 valence electrons. The molecule has 2 heterocycles. The molecule has 12 heteroatoms. The number of nitrogens with zero attached hydrogens (tertiary/aromatic N) is 1. The number of sulfonamides is 1. The van der Waals surface area contributed by atoms with E-state index in [0.717, 1.165) is 17.0 Å². The van der Waals surface area contributed by atoms with Crippen LogP contribution in [0.25, 0.3) is 0 Å². The third kappa shape index (κ3) is 3.80. The number of hydrogen-bond donors (Lipinski definition) is 2. The summed E-state index contributed by atoms with van der Waals surface area (Å²) < 4.78 is 77.2. The third-order valence-corrected chi connectivity index (χ3v) is 7.38. The molecule has 1 unspecified atom stereocenters. The average molecular weight is 497 g/mol. The van der Waals surface area contributed by atoms with Gasteiger partial charge >= 0.3 is 6.18 Å². The number of halogens is 3. The number of rotatable bonds is 5. The Morgan fingerprint density at radius 2 is 1.76 bits per heavy atom. The van der Waals surface area contributed by atoms with Gasteiger partial charge in [0.2, 0.25) is 15.6 Å². The van der Waals surface area contributed by atoms with Gasteiger partial charge in [-0.05, 0) is 48.2 Å². The van der Waals surface area contributed by atoms with Crippen molar-refractivity contribution in [1.82, 2.24) is 9.62 Å². The number of carbonyl (C=O) groups is 2. The maximum Gasteiger partial charge on any atom is 0.421 e. The molecule has 34 heavy (non-hydrogen) atoms. The van der Waals surface area contributed by atoms with E-state index in [9.17, 15) is 31.2 Å². The number of ketones is 1. The number of hydrogen-bond acceptors (Lipinski definition) is 6. The summed E-state index contributed by atoms with van der Waals surface area (Å²) in [6.07, 6.45) is -4.49. The largest absolute Gasteiger partial charge is 0.467 e. The summed E-state index contributed by atoms with van der Waals surface area (Å²) in [5, 5.41) is 0. The lowest BCUT2D eigenvalue weighted by atomic mass is 9.72. The predicted octanol–water partition coefficient (Wildman–Crippen LogP) is 3.13. The van der Waals surface area contributed by atoms with Gasteiger partial charge in [-0.3, -0.25) is 9.59 Å². The summed E-state index contributed by atoms with van der Waals surface area (Å²) in [4.78, 5) is 26.9. The van der Waals surface area contributed by atoms with Gasteiger partial charge in [-0.15, -0.1) is 0 Å². The topological polar surface area (TPSA) is 123 Å². The summed E-state index contributed by atoms with van der Waals surface area (Å²) in [7, 11) is -4.91. The van der Waals surface area contributed by atoms with Gasteiger partial charge in [0.05, 0.1) is 23.3 Å². The molecule has 0 radical (unpaired) electrons. The zero-order chi connectivity index (χ0) is 25.1. The molecule has 4 rings (SSSR count). The first-order chi connectivity index (χ1) is 15.7. The maximum atomic E-state index is 14.8. The molecule has 1 aromatic heterocycles. The van der Waals surface area contributed by atoms with Gasteiger partial charge in [0.1, 0.15) is 5.76 Å². The van der Waals surface area contributed by atoms with E-state index in [1.807, 2.05) is 0 Å². The van der Waals surface area contributed by atoms with Crippen LogP contribution in [0.3, 0.4) is 0 Å². The van der Waals surface area contributed by atoms with Crippen LogP contribution in [0.1, 0.15) is 32.4 Å². The zero-order valence-electron chi connectivity index (χ0n) is 18.3. The first-order valence-electron chi connectivity index (χ1n) is 10.3. The van der Waals surface area contributed by atoms with Crippen LogP contribution in [0, 0.1) is 5.41 Å². The highest BCUT2D eigenvalue weighted by atomic mass is 32.2. The highest BCUT2D eigenvalue weighted by Gasteiger charge is 2.72. The Bertz CT molecular complexity index is 1280. The molecule has 0 bridgehead atoms. The van der Waals surface area contributed by atoms with Crippen LogP contribution < -0.4 is 10.5 Å². The lowest BCUT2D eigenvalue weighted by Gasteiger charge is -2.35. The number of nitrogens with one attached hydrogen (secondary N) is 1. The van der Waals surface area contributed by atoms with E-state index in [1.165, 1.54) is 30.5 Å². The molecule has 1 aliphatic heterocycles. The number of anilines is 1. The minimum absolute atomic E-state index is 0.0397. The van der Waals surface area contributed by atoms with Crippen molar-refractivity contribution in [3.8, 4) is 0 Å². The lowest BCUT2D eigenvalue weighted by Crippen LogP contribution is -2.66. The molecular formula is C22H22F3N3O5S. The minimum atomic E-state index is -5.46. The third-order valence-electron chi connectivity index (χ3n) is 5.92. The summed E-state index contributed by atoms with van der Waals surface area (Å²) >= 11 is 0. The standard InChI is InChI=1S/C22H22F3N3O5S/c1-20(2)10-16-18(17(29)11-20)21(22(23,24)25,19(30)28(16)12-14-4-3-9-33-14)27-34(31,32)15-7-5-13(26)6-8-15/h3-9,27H,10-12,26H2,1-2H3. The highest BCUT2D eigenvalue weighted by Crippen LogP contribution is 2.52. The number of nitrogens with two attached hydrogens (primary N) is 1. The van der Waals surface area contributed by atoms with E-state index in [0.29, 0.717) is 0 Å². The van der Waals surface area contributed by atoms with Gasteiger partial charge in [0, 0.05) is 17.8 Å². The van der Waals surface area contributed by atoms with Crippen molar-refractivity contribution in [1.29, 1.82) is 0 Å². The normalized spacial score (nSPS) is 22.9. The Balaban J connectivity index is 1.92. The smallest absolute Gasteiger partial charge is 0.421 e. The number of nitrogen functional groups attached to an aromatic ring is 1. The predicted molar refractivity (Wildman–Crippen MR) is 114 cm³/mol. The molecule has 0 fully saturated rings. The van der Waals surface area contributed by atoms with Crippen molar-refractivity contribution >= 4 is 27.4 Å². The molecule has 0 saturated carbocycles. The molecule has 3 N–H and O–H groups in total. The van der Waals surface area contributed by atoms with Crippen molar-refractivity contribution in [2.75, 3.05) is 5.73 Å². The second-order valence-electron chi connectivity index (χ2n) is 9.16. The number of furan rings is 1. The Morgan fingerprint density at radius 3 is 2.32 bits per heavy atom. The second kappa shape index (κ2) is 7.70. The van der Waals surface area contributed by atoms with E-state index in [1.54, 1.807) is 18.6 Å².